The quantitative estimate of drug-likeness (QED) is 0.776. The Bertz CT molecular complexity index is 790. The highest BCUT2D eigenvalue weighted by molar-refractivity contribution is 9.10. The number of hydrogen-bond acceptors (Lipinski definition) is 2. The molecule has 0 fully saturated rings. The summed E-state index contributed by atoms with van der Waals surface area (Å²) >= 11 is 3.50. The Morgan fingerprint density at radius 2 is 2.00 bits per heavy atom. The topological polar surface area (TPSA) is 43.3 Å². The maximum absolute atomic E-state index is 5.95. The third-order valence-corrected chi connectivity index (χ3v) is 3.98. The Hall–Kier alpha value is -1.65. The second kappa shape index (κ2) is 5.04. The predicted molar refractivity (Wildman–Crippen MR) is 85.7 cm³/mol. The predicted octanol–water partition coefficient (Wildman–Crippen LogP) is 3.84. The van der Waals surface area contributed by atoms with Crippen molar-refractivity contribution >= 4 is 21.6 Å². The minimum Gasteiger partial charge on any atom is -0.325 e. The Morgan fingerprint density at radius 1 is 1.20 bits per heavy atom. The number of aryl methyl sites for hydroxylation is 2. The van der Waals surface area contributed by atoms with Crippen molar-refractivity contribution in [3.8, 4) is 11.3 Å². The second-order valence-corrected chi connectivity index (χ2v) is 5.92. The number of nitrogens with zero attached hydrogens (tertiary/aromatic N) is 2. The van der Waals surface area contributed by atoms with Gasteiger partial charge in [0.05, 0.1) is 11.4 Å². The lowest BCUT2D eigenvalue weighted by Gasteiger charge is -2.07. The Kier molecular flexibility index (Phi) is 3.36. The molecular formula is C16H16BrN3. The Labute approximate surface area is 126 Å². The molecule has 2 heterocycles. The highest BCUT2D eigenvalue weighted by atomic mass is 79.9. The van der Waals surface area contributed by atoms with Gasteiger partial charge in [0.25, 0.3) is 0 Å². The fourth-order valence-electron chi connectivity index (χ4n) is 2.56. The van der Waals surface area contributed by atoms with Crippen molar-refractivity contribution in [2.75, 3.05) is 0 Å². The average molecular weight is 330 g/mol. The van der Waals surface area contributed by atoms with E-state index in [0.717, 1.165) is 27.1 Å². The summed E-state index contributed by atoms with van der Waals surface area (Å²) in [4.78, 5) is 4.75. The smallest absolute Gasteiger partial charge is 0.137 e. The van der Waals surface area contributed by atoms with Gasteiger partial charge in [0, 0.05) is 22.8 Å². The van der Waals surface area contributed by atoms with E-state index >= 15 is 0 Å². The van der Waals surface area contributed by atoms with Gasteiger partial charge >= 0.3 is 0 Å². The third kappa shape index (κ3) is 2.15. The molecule has 0 aliphatic rings. The highest BCUT2D eigenvalue weighted by Gasteiger charge is 2.14. The number of rotatable bonds is 2. The standard InChI is InChI=1S/C16H16BrN3/c1-10-3-5-13(11(2)7-10)16-14(8-18)20-9-12(17)4-6-15(20)19-16/h3-7,9H,8,18H2,1-2H3. The van der Waals surface area contributed by atoms with E-state index in [9.17, 15) is 0 Å². The van der Waals surface area contributed by atoms with Crippen LogP contribution in [0.4, 0.5) is 0 Å². The number of halogens is 1. The van der Waals surface area contributed by atoms with Gasteiger partial charge in [-0.3, -0.25) is 0 Å². The molecule has 0 bridgehead atoms. The molecule has 3 nitrogen and oxygen atoms in total. The van der Waals surface area contributed by atoms with E-state index in [1.54, 1.807) is 0 Å². The molecule has 0 spiro atoms. The Morgan fingerprint density at radius 3 is 2.70 bits per heavy atom. The van der Waals surface area contributed by atoms with Crippen LogP contribution in [0.1, 0.15) is 16.8 Å². The maximum atomic E-state index is 5.95. The lowest BCUT2D eigenvalue weighted by atomic mass is 10.0. The number of nitrogens with two attached hydrogens (primary N) is 1. The molecule has 0 amide bonds. The first-order chi connectivity index (χ1) is 9.60. The fraction of sp³-hybridized carbons (Fsp3) is 0.188. The number of fused-ring (bicyclic) bond motifs is 1. The minimum atomic E-state index is 0.459. The maximum Gasteiger partial charge on any atom is 0.137 e. The number of benzene rings is 1. The van der Waals surface area contributed by atoms with Gasteiger partial charge in [-0.2, -0.15) is 0 Å². The van der Waals surface area contributed by atoms with Crippen LogP contribution < -0.4 is 5.73 Å². The normalized spacial score (nSPS) is 11.2. The molecule has 0 aliphatic carbocycles. The van der Waals surface area contributed by atoms with Crippen molar-refractivity contribution in [3.63, 3.8) is 0 Å². The van der Waals surface area contributed by atoms with E-state index < -0.39 is 0 Å². The third-order valence-electron chi connectivity index (χ3n) is 3.51. The first-order valence-electron chi connectivity index (χ1n) is 6.54. The van der Waals surface area contributed by atoms with Crippen molar-refractivity contribution in [3.05, 3.63) is 57.8 Å². The lowest BCUT2D eigenvalue weighted by Crippen LogP contribution is -2.03. The molecule has 3 rings (SSSR count). The van der Waals surface area contributed by atoms with Gasteiger partial charge in [0.1, 0.15) is 5.65 Å². The van der Waals surface area contributed by atoms with Gasteiger partial charge in [0.15, 0.2) is 0 Å². The van der Waals surface area contributed by atoms with Gasteiger partial charge in [0.2, 0.25) is 0 Å². The number of aromatic nitrogens is 2. The number of imidazole rings is 1. The van der Waals surface area contributed by atoms with Crippen molar-refractivity contribution in [2.24, 2.45) is 5.73 Å². The summed E-state index contributed by atoms with van der Waals surface area (Å²) in [6.07, 6.45) is 2.01. The van der Waals surface area contributed by atoms with E-state index in [1.165, 1.54) is 11.1 Å². The van der Waals surface area contributed by atoms with Gasteiger partial charge < -0.3 is 10.1 Å². The van der Waals surface area contributed by atoms with Crippen LogP contribution in [0.5, 0.6) is 0 Å². The molecule has 0 radical (unpaired) electrons. The van der Waals surface area contributed by atoms with Crippen molar-refractivity contribution in [1.29, 1.82) is 0 Å². The SMILES string of the molecule is Cc1ccc(-c2nc3ccc(Br)cn3c2CN)c(C)c1. The summed E-state index contributed by atoms with van der Waals surface area (Å²) in [7, 11) is 0. The summed E-state index contributed by atoms with van der Waals surface area (Å²) < 4.78 is 3.07. The van der Waals surface area contributed by atoms with Crippen molar-refractivity contribution in [1.82, 2.24) is 9.38 Å². The monoisotopic (exact) mass is 329 g/mol. The molecule has 20 heavy (non-hydrogen) atoms. The first kappa shape index (κ1) is 13.3. The number of hydrogen-bond donors (Lipinski definition) is 1. The van der Waals surface area contributed by atoms with Gasteiger partial charge in [-0.15, -0.1) is 0 Å². The molecule has 2 N–H and O–H groups in total. The minimum absolute atomic E-state index is 0.459. The molecule has 1 aromatic carbocycles. The van der Waals surface area contributed by atoms with Gasteiger partial charge in [-0.25, -0.2) is 4.98 Å². The van der Waals surface area contributed by atoms with Crippen LogP contribution in [0.25, 0.3) is 16.9 Å². The van der Waals surface area contributed by atoms with Crippen LogP contribution >= 0.6 is 15.9 Å². The van der Waals surface area contributed by atoms with Crippen LogP contribution in [0, 0.1) is 13.8 Å². The largest absolute Gasteiger partial charge is 0.325 e. The van der Waals surface area contributed by atoms with E-state index in [2.05, 4.69) is 52.4 Å². The molecule has 4 heteroatoms. The summed E-state index contributed by atoms with van der Waals surface area (Å²) in [5.74, 6) is 0. The van der Waals surface area contributed by atoms with Crippen LogP contribution in [0.3, 0.4) is 0 Å². The van der Waals surface area contributed by atoms with Crippen LogP contribution in [-0.2, 0) is 6.54 Å². The number of pyridine rings is 1. The molecule has 0 saturated heterocycles. The zero-order valence-electron chi connectivity index (χ0n) is 11.5. The zero-order chi connectivity index (χ0) is 14.3. The highest BCUT2D eigenvalue weighted by Crippen LogP contribution is 2.28. The summed E-state index contributed by atoms with van der Waals surface area (Å²) in [5, 5.41) is 0. The molecule has 0 aliphatic heterocycles. The van der Waals surface area contributed by atoms with Crippen LogP contribution in [0.2, 0.25) is 0 Å². The molecule has 0 atom stereocenters. The van der Waals surface area contributed by atoms with Gasteiger partial charge in [-0.1, -0.05) is 23.8 Å². The molecule has 3 aromatic rings. The molecule has 0 saturated carbocycles. The summed E-state index contributed by atoms with van der Waals surface area (Å²) in [6, 6.07) is 10.4. The van der Waals surface area contributed by atoms with E-state index in [4.69, 9.17) is 10.7 Å². The molecule has 0 unspecified atom stereocenters. The molecule has 2 aromatic heterocycles. The lowest BCUT2D eigenvalue weighted by molar-refractivity contribution is 0.959. The summed E-state index contributed by atoms with van der Waals surface area (Å²) in [5.41, 5.74) is 12.5. The van der Waals surface area contributed by atoms with Gasteiger partial charge in [-0.05, 0) is 47.5 Å². The van der Waals surface area contributed by atoms with Crippen molar-refractivity contribution in [2.45, 2.75) is 20.4 Å². The summed E-state index contributed by atoms with van der Waals surface area (Å²) in [6.45, 7) is 4.67. The zero-order valence-corrected chi connectivity index (χ0v) is 13.1. The van der Waals surface area contributed by atoms with E-state index in [1.807, 2.05) is 18.3 Å². The fourth-order valence-corrected chi connectivity index (χ4v) is 2.89. The Balaban J connectivity index is 2.30. The van der Waals surface area contributed by atoms with Crippen molar-refractivity contribution < 1.29 is 0 Å². The first-order valence-corrected chi connectivity index (χ1v) is 7.33. The molecule has 102 valence electrons. The van der Waals surface area contributed by atoms with E-state index in [-0.39, 0.29) is 0 Å². The molecular weight excluding hydrogens is 314 g/mol. The van der Waals surface area contributed by atoms with E-state index in [0.29, 0.717) is 6.54 Å². The second-order valence-electron chi connectivity index (χ2n) is 5.01. The van der Waals surface area contributed by atoms with Crippen LogP contribution in [0.15, 0.2) is 41.0 Å². The van der Waals surface area contributed by atoms with Crippen LogP contribution in [-0.4, -0.2) is 9.38 Å². The average Bonchev–Trinajstić information content (AvgIpc) is 2.76.